The molecule has 0 N–H and O–H groups in total. The smallest absolute Gasteiger partial charge is 0.0249 e. The van der Waals surface area contributed by atoms with Crippen LogP contribution in [0.4, 0.5) is 0 Å². The molecule has 0 heteroatoms. The number of hydrogen-bond donors (Lipinski definition) is 0. The molecule has 114 valence electrons. The van der Waals surface area contributed by atoms with Crippen LogP contribution in [-0.4, -0.2) is 0 Å². The predicted molar refractivity (Wildman–Crippen MR) is 95.4 cm³/mol. The molecule has 0 heterocycles. The second kappa shape index (κ2) is 9.17. The quantitative estimate of drug-likeness (QED) is 0.642. The molecule has 0 unspecified atom stereocenters. The standard InChI is InChI=1S/C22H26/c1-3-19-11-15-21(16-12-19)9-7-5-6-8-10-22-17-13-20(4-2)14-18-22/h5-6,11-12,15-16,20,22H,3-4,13-14,17-18H2,1-2H3/b6-5+/t20-,22-. The molecule has 1 aliphatic carbocycles. The maximum absolute atomic E-state index is 3.38. The van der Waals surface area contributed by atoms with Crippen LogP contribution < -0.4 is 0 Å². The van der Waals surface area contributed by atoms with Crippen LogP contribution in [0.3, 0.4) is 0 Å². The predicted octanol–water partition coefficient (Wildman–Crippen LogP) is 5.38. The summed E-state index contributed by atoms with van der Waals surface area (Å²) in [6.07, 6.45) is 11.4. The van der Waals surface area contributed by atoms with Crippen LogP contribution in [0.15, 0.2) is 36.4 Å². The summed E-state index contributed by atoms with van der Waals surface area (Å²) in [6, 6.07) is 8.44. The van der Waals surface area contributed by atoms with E-state index in [1.807, 2.05) is 12.2 Å². The van der Waals surface area contributed by atoms with Crippen molar-refractivity contribution in [2.75, 3.05) is 0 Å². The topological polar surface area (TPSA) is 0 Å². The van der Waals surface area contributed by atoms with E-state index in [-0.39, 0.29) is 0 Å². The lowest BCUT2D eigenvalue weighted by molar-refractivity contribution is 0.309. The molecule has 0 saturated heterocycles. The van der Waals surface area contributed by atoms with E-state index >= 15 is 0 Å². The van der Waals surface area contributed by atoms with Crippen molar-refractivity contribution in [1.29, 1.82) is 0 Å². The zero-order chi connectivity index (χ0) is 15.6. The zero-order valence-corrected chi connectivity index (χ0v) is 13.9. The molecule has 2 rings (SSSR count). The van der Waals surface area contributed by atoms with Crippen molar-refractivity contribution in [1.82, 2.24) is 0 Å². The second-order valence-electron chi connectivity index (χ2n) is 6.07. The summed E-state index contributed by atoms with van der Waals surface area (Å²) < 4.78 is 0. The van der Waals surface area contributed by atoms with Gasteiger partial charge in [0.25, 0.3) is 0 Å². The maximum atomic E-state index is 3.38. The molecular weight excluding hydrogens is 264 g/mol. The molecule has 1 aromatic rings. The molecule has 0 radical (unpaired) electrons. The summed E-state index contributed by atoms with van der Waals surface area (Å²) in [4.78, 5) is 0. The van der Waals surface area contributed by atoms with Crippen LogP contribution in [0.25, 0.3) is 0 Å². The normalized spacial score (nSPS) is 20.8. The van der Waals surface area contributed by atoms with Crippen molar-refractivity contribution in [3.8, 4) is 23.7 Å². The lowest BCUT2D eigenvalue weighted by atomic mass is 9.81. The molecule has 0 aromatic heterocycles. The SMILES string of the molecule is CCc1ccc(C#C/C=C/C#C[C@H]2CC[C@H](CC)CC2)cc1. The Morgan fingerprint density at radius 1 is 0.955 bits per heavy atom. The maximum Gasteiger partial charge on any atom is 0.0249 e. The van der Waals surface area contributed by atoms with Crippen LogP contribution in [0.5, 0.6) is 0 Å². The summed E-state index contributed by atoms with van der Waals surface area (Å²) in [5.74, 6) is 14.3. The molecule has 1 aliphatic rings. The number of benzene rings is 1. The lowest BCUT2D eigenvalue weighted by Crippen LogP contribution is -2.12. The minimum Gasteiger partial charge on any atom is -0.0951 e. The van der Waals surface area contributed by atoms with Gasteiger partial charge < -0.3 is 0 Å². The van der Waals surface area contributed by atoms with E-state index in [0.717, 1.165) is 17.9 Å². The molecule has 1 fully saturated rings. The largest absolute Gasteiger partial charge is 0.0951 e. The highest BCUT2D eigenvalue weighted by atomic mass is 14.2. The van der Waals surface area contributed by atoms with Crippen LogP contribution >= 0.6 is 0 Å². The fourth-order valence-corrected chi connectivity index (χ4v) is 2.91. The van der Waals surface area contributed by atoms with Crippen molar-refractivity contribution in [3.63, 3.8) is 0 Å². The van der Waals surface area contributed by atoms with Crippen molar-refractivity contribution in [3.05, 3.63) is 47.5 Å². The fourth-order valence-electron chi connectivity index (χ4n) is 2.91. The molecule has 0 atom stereocenters. The minimum atomic E-state index is 0.599. The second-order valence-corrected chi connectivity index (χ2v) is 6.07. The molecule has 0 nitrogen and oxygen atoms in total. The van der Waals surface area contributed by atoms with Gasteiger partial charge in [-0.2, -0.15) is 0 Å². The molecule has 1 aromatic carbocycles. The number of rotatable bonds is 2. The van der Waals surface area contributed by atoms with Gasteiger partial charge in [0.15, 0.2) is 0 Å². The van der Waals surface area contributed by atoms with Crippen LogP contribution in [0.2, 0.25) is 0 Å². The third-order valence-electron chi connectivity index (χ3n) is 4.54. The lowest BCUT2D eigenvalue weighted by Gasteiger charge is -2.24. The van der Waals surface area contributed by atoms with Crippen molar-refractivity contribution >= 4 is 0 Å². The average molecular weight is 290 g/mol. The Morgan fingerprint density at radius 3 is 2.27 bits per heavy atom. The van der Waals surface area contributed by atoms with E-state index in [0.29, 0.717) is 5.92 Å². The molecule has 0 amide bonds. The van der Waals surface area contributed by atoms with Gasteiger partial charge in [-0.25, -0.2) is 0 Å². The van der Waals surface area contributed by atoms with Gasteiger partial charge in [0.1, 0.15) is 0 Å². The van der Waals surface area contributed by atoms with Crippen molar-refractivity contribution < 1.29 is 0 Å². The highest BCUT2D eigenvalue weighted by Gasteiger charge is 2.17. The highest BCUT2D eigenvalue weighted by Crippen LogP contribution is 2.29. The zero-order valence-electron chi connectivity index (χ0n) is 13.9. The molecule has 22 heavy (non-hydrogen) atoms. The van der Waals surface area contributed by atoms with E-state index in [1.54, 1.807) is 0 Å². The minimum absolute atomic E-state index is 0.599. The van der Waals surface area contributed by atoms with E-state index in [4.69, 9.17) is 0 Å². The van der Waals surface area contributed by atoms with Crippen LogP contribution in [0.1, 0.15) is 57.1 Å². The van der Waals surface area contributed by atoms with Crippen LogP contribution in [-0.2, 0) is 6.42 Å². The average Bonchev–Trinajstić information content (AvgIpc) is 2.59. The molecule has 1 saturated carbocycles. The molecule has 0 spiro atoms. The Bertz CT molecular complexity index is 587. The summed E-state index contributed by atoms with van der Waals surface area (Å²) in [5, 5.41) is 0. The van der Waals surface area contributed by atoms with Gasteiger partial charge in [-0.15, -0.1) is 0 Å². The number of hydrogen-bond acceptors (Lipinski definition) is 0. The first kappa shape index (κ1) is 16.5. The molecule has 0 aliphatic heterocycles. The van der Waals surface area contributed by atoms with Gasteiger partial charge in [-0.05, 0) is 67.9 Å². The Hall–Kier alpha value is -1.92. The number of allylic oxidation sites excluding steroid dienone is 2. The summed E-state index contributed by atoms with van der Waals surface area (Å²) in [7, 11) is 0. The molecular formula is C22H26. The molecule has 0 bridgehead atoms. The summed E-state index contributed by atoms with van der Waals surface area (Å²) >= 11 is 0. The third kappa shape index (κ3) is 5.46. The monoisotopic (exact) mass is 290 g/mol. The third-order valence-corrected chi connectivity index (χ3v) is 4.54. The Balaban J connectivity index is 1.79. The summed E-state index contributed by atoms with van der Waals surface area (Å²) in [6.45, 7) is 4.46. The van der Waals surface area contributed by atoms with Crippen molar-refractivity contribution in [2.45, 2.75) is 52.4 Å². The number of aryl methyl sites for hydroxylation is 1. The van der Waals surface area contributed by atoms with Crippen molar-refractivity contribution in [2.24, 2.45) is 11.8 Å². The fraction of sp³-hybridized carbons (Fsp3) is 0.455. The summed E-state index contributed by atoms with van der Waals surface area (Å²) in [5.41, 5.74) is 2.41. The van der Waals surface area contributed by atoms with Gasteiger partial charge in [0, 0.05) is 11.5 Å². The van der Waals surface area contributed by atoms with E-state index in [1.165, 1.54) is 37.7 Å². The first-order chi connectivity index (χ1) is 10.8. The Kier molecular flexibility index (Phi) is 6.86. The Morgan fingerprint density at radius 2 is 1.64 bits per heavy atom. The van der Waals surface area contributed by atoms with E-state index in [2.05, 4.69) is 61.8 Å². The van der Waals surface area contributed by atoms with Gasteiger partial charge in [-0.3, -0.25) is 0 Å². The van der Waals surface area contributed by atoms with E-state index in [9.17, 15) is 0 Å². The van der Waals surface area contributed by atoms with E-state index < -0.39 is 0 Å². The first-order valence-corrected chi connectivity index (χ1v) is 8.58. The van der Waals surface area contributed by atoms with Gasteiger partial charge >= 0.3 is 0 Å². The highest BCUT2D eigenvalue weighted by molar-refractivity contribution is 5.39. The van der Waals surface area contributed by atoms with Gasteiger partial charge in [0.2, 0.25) is 0 Å². The van der Waals surface area contributed by atoms with Gasteiger partial charge in [-0.1, -0.05) is 56.1 Å². The Labute approximate surface area is 136 Å². The first-order valence-electron chi connectivity index (χ1n) is 8.58. The van der Waals surface area contributed by atoms with Gasteiger partial charge in [0.05, 0.1) is 0 Å². The van der Waals surface area contributed by atoms with Crippen LogP contribution in [0, 0.1) is 35.5 Å².